The van der Waals surface area contributed by atoms with Gasteiger partial charge in [0.05, 0.1) is 24.1 Å². The highest BCUT2D eigenvalue weighted by molar-refractivity contribution is 5.69. The third-order valence-electron chi connectivity index (χ3n) is 2.23. The Balaban J connectivity index is 2.54. The van der Waals surface area contributed by atoms with Crippen molar-refractivity contribution >= 4 is 0 Å². The Morgan fingerprint density at radius 3 is 2.88 bits per heavy atom. The molecule has 0 unspecified atom stereocenters. The van der Waals surface area contributed by atoms with Gasteiger partial charge in [-0.3, -0.25) is 9.97 Å². The van der Waals surface area contributed by atoms with Gasteiger partial charge in [0.2, 0.25) is 0 Å². The quantitative estimate of drug-likeness (QED) is 0.852. The Kier molecular flexibility index (Phi) is 3.12. The summed E-state index contributed by atoms with van der Waals surface area (Å²) in [4.78, 5) is 8.14. The van der Waals surface area contributed by atoms with Crippen molar-refractivity contribution in [2.45, 2.75) is 6.61 Å². The van der Waals surface area contributed by atoms with Crippen molar-refractivity contribution in [2.75, 3.05) is 7.11 Å². The average Bonchev–Trinajstić information content (AvgIpc) is 2.31. The molecule has 4 nitrogen and oxygen atoms in total. The van der Waals surface area contributed by atoms with Crippen molar-refractivity contribution in [3.05, 3.63) is 42.4 Å². The second-order valence-corrected chi connectivity index (χ2v) is 3.34. The Labute approximate surface area is 93.6 Å². The summed E-state index contributed by atoms with van der Waals surface area (Å²) in [6.45, 7) is 0.396. The monoisotopic (exact) mass is 216 g/mol. The largest absolute Gasteiger partial charge is 0.506 e. The Hall–Kier alpha value is -1.94. The zero-order valence-electron chi connectivity index (χ0n) is 8.92. The summed E-state index contributed by atoms with van der Waals surface area (Å²) in [6, 6.07) is 5.55. The zero-order valence-corrected chi connectivity index (χ0v) is 8.92. The van der Waals surface area contributed by atoms with Gasteiger partial charge in [0.25, 0.3) is 0 Å². The maximum atomic E-state index is 9.81. The Morgan fingerprint density at radius 2 is 2.19 bits per heavy atom. The van der Waals surface area contributed by atoms with Crippen LogP contribution in [0.5, 0.6) is 5.75 Å². The standard InChI is InChI=1S/C12H12N2O2/c1-16-8-9-6-13-7-11(15)12(9)10-4-2-3-5-14-10/h2-7,15H,8H2,1H3. The van der Waals surface area contributed by atoms with E-state index in [1.807, 2.05) is 18.2 Å². The van der Waals surface area contributed by atoms with Crippen LogP contribution in [0.3, 0.4) is 0 Å². The number of aromatic nitrogens is 2. The van der Waals surface area contributed by atoms with Gasteiger partial charge in [-0.05, 0) is 12.1 Å². The van der Waals surface area contributed by atoms with Gasteiger partial charge in [0, 0.05) is 25.1 Å². The molecule has 0 bridgehead atoms. The molecule has 2 rings (SSSR count). The lowest BCUT2D eigenvalue weighted by atomic mass is 10.1. The van der Waals surface area contributed by atoms with Gasteiger partial charge in [-0.2, -0.15) is 0 Å². The molecular weight excluding hydrogens is 204 g/mol. The molecular formula is C12H12N2O2. The highest BCUT2D eigenvalue weighted by Crippen LogP contribution is 2.30. The highest BCUT2D eigenvalue weighted by Gasteiger charge is 2.11. The van der Waals surface area contributed by atoms with Crippen LogP contribution in [0.2, 0.25) is 0 Å². The summed E-state index contributed by atoms with van der Waals surface area (Å²) in [7, 11) is 1.60. The first-order valence-corrected chi connectivity index (χ1v) is 4.89. The van der Waals surface area contributed by atoms with E-state index in [1.165, 1.54) is 6.20 Å². The molecule has 0 saturated heterocycles. The molecule has 2 aromatic rings. The van der Waals surface area contributed by atoms with E-state index >= 15 is 0 Å². The van der Waals surface area contributed by atoms with Crippen LogP contribution >= 0.6 is 0 Å². The second-order valence-electron chi connectivity index (χ2n) is 3.34. The first kappa shape index (κ1) is 10.6. The summed E-state index contributed by atoms with van der Waals surface area (Å²) in [5.41, 5.74) is 2.22. The summed E-state index contributed by atoms with van der Waals surface area (Å²) < 4.78 is 5.07. The molecule has 0 aliphatic rings. The first-order valence-electron chi connectivity index (χ1n) is 4.89. The van der Waals surface area contributed by atoms with Gasteiger partial charge in [-0.25, -0.2) is 0 Å². The van der Waals surface area contributed by atoms with Crippen LogP contribution in [0.4, 0.5) is 0 Å². The molecule has 2 aromatic heterocycles. The van der Waals surface area contributed by atoms with Gasteiger partial charge >= 0.3 is 0 Å². The van der Waals surface area contributed by atoms with E-state index < -0.39 is 0 Å². The van der Waals surface area contributed by atoms with E-state index in [0.717, 1.165) is 11.3 Å². The zero-order chi connectivity index (χ0) is 11.4. The van der Waals surface area contributed by atoms with Crippen molar-refractivity contribution in [1.82, 2.24) is 9.97 Å². The topological polar surface area (TPSA) is 55.2 Å². The number of methoxy groups -OCH3 is 1. The fourth-order valence-corrected chi connectivity index (χ4v) is 1.56. The van der Waals surface area contributed by atoms with Gasteiger partial charge in [0.15, 0.2) is 0 Å². The maximum absolute atomic E-state index is 9.81. The fraction of sp³-hybridized carbons (Fsp3) is 0.167. The molecule has 16 heavy (non-hydrogen) atoms. The molecule has 0 aromatic carbocycles. The van der Waals surface area contributed by atoms with E-state index in [-0.39, 0.29) is 5.75 Å². The molecule has 0 aliphatic heterocycles. The summed E-state index contributed by atoms with van der Waals surface area (Å²) in [5.74, 6) is 0.119. The van der Waals surface area contributed by atoms with E-state index in [9.17, 15) is 5.11 Å². The molecule has 0 spiro atoms. The summed E-state index contributed by atoms with van der Waals surface area (Å²) in [5, 5.41) is 9.81. The lowest BCUT2D eigenvalue weighted by Gasteiger charge is -2.09. The smallest absolute Gasteiger partial charge is 0.143 e. The van der Waals surface area contributed by atoms with Crippen molar-refractivity contribution in [1.29, 1.82) is 0 Å². The van der Waals surface area contributed by atoms with Crippen LogP contribution in [-0.4, -0.2) is 22.2 Å². The number of hydrogen-bond donors (Lipinski definition) is 1. The van der Waals surface area contributed by atoms with Gasteiger partial charge in [0.1, 0.15) is 5.75 Å². The number of pyridine rings is 2. The van der Waals surface area contributed by atoms with Crippen molar-refractivity contribution < 1.29 is 9.84 Å². The number of hydrogen-bond acceptors (Lipinski definition) is 4. The predicted molar refractivity (Wildman–Crippen MR) is 59.8 cm³/mol. The summed E-state index contributed by atoms with van der Waals surface area (Å²) >= 11 is 0. The number of rotatable bonds is 3. The predicted octanol–water partition coefficient (Wildman–Crippen LogP) is 2.00. The second kappa shape index (κ2) is 4.72. The fourth-order valence-electron chi connectivity index (χ4n) is 1.56. The molecule has 0 radical (unpaired) electrons. The molecule has 0 atom stereocenters. The van der Waals surface area contributed by atoms with Crippen molar-refractivity contribution in [3.8, 4) is 17.0 Å². The van der Waals surface area contributed by atoms with E-state index in [1.54, 1.807) is 19.5 Å². The summed E-state index contributed by atoms with van der Waals surface area (Å²) in [6.07, 6.45) is 4.77. The minimum absolute atomic E-state index is 0.119. The third kappa shape index (κ3) is 2.01. The minimum Gasteiger partial charge on any atom is -0.506 e. The molecule has 82 valence electrons. The first-order chi connectivity index (χ1) is 7.83. The van der Waals surface area contributed by atoms with Crippen LogP contribution in [0.1, 0.15) is 5.56 Å². The lowest BCUT2D eigenvalue weighted by Crippen LogP contribution is -1.95. The van der Waals surface area contributed by atoms with E-state index in [2.05, 4.69) is 9.97 Å². The van der Waals surface area contributed by atoms with E-state index in [0.29, 0.717) is 12.2 Å². The molecule has 0 aliphatic carbocycles. The number of ether oxygens (including phenoxy) is 1. The Morgan fingerprint density at radius 1 is 1.31 bits per heavy atom. The number of aromatic hydroxyl groups is 1. The average molecular weight is 216 g/mol. The third-order valence-corrected chi connectivity index (χ3v) is 2.23. The molecule has 0 amide bonds. The lowest BCUT2D eigenvalue weighted by molar-refractivity contribution is 0.184. The minimum atomic E-state index is 0.119. The van der Waals surface area contributed by atoms with E-state index in [4.69, 9.17) is 4.74 Å². The molecule has 2 heterocycles. The van der Waals surface area contributed by atoms with Crippen LogP contribution in [-0.2, 0) is 11.3 Å². The highest BCUT2D eigenvalue weighted by atomic mass is 16.5. The van der Waals surface area contributed by atoms with Gasteiger partial charge < -0.3 is 9.84 Å². The van der Waals surface area contributed by atoms with Crippen molar-refractivity contribution in [2.24, 2.45) is 0 Å². The normalized spacial score (nSPS) is 10.3. The Bertz CT molecular complexity index is 472. The molecule has 1 N–H and O–H groups in total. The van der Waals surface area contributed by atoms with Crippen LogP contribution < -0.4 is 0 Å². The maximum Gasteiger partial charge on any atom is 0.143 e. The van der Waals surface area contributed by atoms with Gasteiger partial charge in [-0.1, -0.05) is 6.07 Å². The van der Waals surface area contributed by atoms with Crippen LogP contribution in [0, 0.1) is 0 Å². The van der Waals surface area contributed by atoms with Crippen LogP contribution in [0.25, 0.3) is 11.3 Å². The van der Waals surface area contributed by atoms with Gasteiger partial charge in [-0.15, -0.1) is 0 Å². The molecule has 0 fully saturated rings. The number of nitrogens with zero attached hydrogens (tertiary/aromatic N) is 2. The van der Waals surface area contributed by atoms with Crippen LogP contribution in [0.15, 0.2) is 36.8 Å². The molecule has 0 saturated carbocycles. The van der Waals surface area contributed by atoms with Crippen molar-refractivity contribution in [3.63, 3.8) is 0 Å². The molecule has 4 heteroatoms. The SMILES string of the molecule is COCc1cncc(O)c1-c1ccccn1.